The van der Waals surface area contributed by atoms with Gasteiger partial charge in [0.15, 0.2) is 0 Å². The normalized spacial score (nSPS) is 13.8. The zero-order valence-corrected chi connectivity index (χ0v) is 12.6. The van der Waals surface area contributed by atoms with E-state index in [1.807, 2.05) is 26.0 Å². The van der Waals surface area contributed by atoms with E-state index in [-0.39, 0.29) is 18.3 Å². The van der Waals surface area contributed by atoms with Crippen molar-refractivity contribution in [1.29, 1.82) is 0 Å². The number of aryl methyl sites for hydroxylation is 1. The molecule has 118 valence electrons. The minimum atomic E-state index is -0.674. The Morgan fingerprint density at radius 1 is 1.41 bits per heavy atom. The predicted octanol–water partition coefficient (Wildman–Crippen LogP) is 1.81. The topological polar surface area (TPSA) is 93.2 Å². The molecule has 0 amide bonds. The van der Waals surface area contributed by atoms with Crippen LogP contribution in [0.25, 0.3) is 0 Å². The second kappa shape index (κ2) is 7.15. The minimum Gasteiger partial charge on any atom is -0.390 e. The van der Waals surface area contributed by atoms with Gasteiger partial charge in [-0.25, -0.2) is 0 Å². The quantitative estimate of drug-likeness (QED) is 0.601. The van der Waals surface area contributed by atoms with Gasteiger partial charge in [0.1, 0.15) is 12.4 Å². The molecule has 1 aromatic carbocycles. The Hall–Kier alpha value is -2.25. The zero-order valence-electron chi connectivity index (χ0n) is 12.6. The second-order valence-electron chi connectivity index (χ2n) is 5.37. The maximum absolute atomic E-state index is 10.6. The van der Waals surface area contributed by atoms with Crippen LogP contribution in [0.3, 0.4) is 0 Å². The van der Waals surface area contributed by atoms with Gasteiger partial charge >= 0.3 is 5.69 Å². The molecule has 2 aromatic rings. The standard InChI is InChI=1S/C15H20N4O3/c1-11-3-5-13(6-4-11)12(2)16-8-15(20)10-18-9-14(7-17-18)19(21)22/h3-7,9,12,15-16,20H,8,10H2,1-2H3. The molecule has 2 atom stereocenters. The van der Waals surface area contributed by atoms with E-state index in [1.54, 1.807) is 0 Å². The van der Waals surface area contributed by atoms with Crippen LogP contribution in [-0.4, -0.2) is 32.5 Å². The Kier molecular flexibility index (Phi) is 5.24. The SMILES string of the molecule is Cc1ccc(C(C)NCC(O)Cn2cc([N+](=O)[O-])cn2)cc1. The number of hydrogen-bond donors (Lipinski definition) is 2. The van der Waals surface area contributed by atoms with Crippen molar-refractivity contribution >= 4 is 5.69 Å². The number of aromatic nitrogens is 2. The van der Waals surface area contributed by atoms with Gasteiger partial charge in [-0.2, -0.15) is 5.10 Å². The molecule has 22 heavy (non-hydrogen) atoms. The summed E-state index contributed by atoms with van der Waals surface area (Å²) in [4.78, 5) is 10.1. The van der Waals surface area contributed by atoms with E-state index >= 15 is 0 Å². The van der Waals surface area contributed by atoms with Crippen LogP contribution in [0.1, 0.15) is 24.1 Å². The van der Waals surface area contributed by atoms with Crippen LogP contribution in [0.2, 0.25) is 0 Å². The van der Waals surface area contributed by atoms with Crippen LogP contribution in [0.4, 0.5) is 5.69 Å². The molecule has 2 unspecified atom stereocenters. The smallest absolute Gasteiger partial charge is 0.306 e. The molecule has 0 aliphatic heterocycles. The van der Waals surface area contributed by atoms with Crippen LogP contribution in [0.15, 0.2) is 36.7 Å². The first-order chi connectivity index (χ1) is 10.5. The van der Waals surface area contributed by atoms with Crippen LogP contribution < -0.4 is 5.32 Å². The summed E-state index contributed by atoms with van der Waals surface area (Å²) in [6.45, 7) is 4.65. The number of aliphatic hydroxyl groups is 1. The fraction of sp³-hybridized carbons (Fsp3) is 0.400. The molecule has 7 heteroatoms. The van der Waals surface area contributed by atoms with Crippen molar-refractivity contribution in [2.75, 3.05) is 6.54 Å². The molecule has 0 saturated carbocycles. The molecule has 0 aliphatic rings. The fourth-order valence-corrected chi connectivity index (χ4v) is 2.11. The number of nitrogens with one attached hydrogen (secondary N) is 1. The number of rotatable bonds is 7. The van der Waals surface area contributed by atoms with Gasteiger partial charge in [0.25, 0.3) is 0 Å². The summed E-state index contributed by atoms with van der Waals surface area (Å²) < 4.78 is 1.38. The lowest BCUT2D eigenvalue weighted by Crippen LogP contribution is -2.32. The van der Waals surface area contributed by atoms with Gasteiger partial charge in [-0.1, -0.05) is 29.8 Å². The van der Waals surface area contributed by atoms with Gasteiger partial charge < -0.3 is 10.4 Å². The first kappa shape index (κ1) is 16.1. The summed E-state index contributed by atoms with van der Waals surface area (Å²) in [5, 5.41) is 27.7. The molecule has 1 aromatic heterocycles. The fourth-order valence-electron chi connectivity index (χ4n) is 2.11. The molecule has 0 aliphatic carbocycles. The van der Waals surface area contributed by atoms with E-state index in [4.69, 9.17) is 0 Å². The van der Waals surface area contributed by atoms with Crippen LogP contribution in [-0.2, 0) is 6.54 Å². The van der Waals surface area contributed by atoms with Crippen molar-refractivity contribution in [2.45, 2.75) is 32.5 Å². The third kappa shape index (κ3) is 4.37. The average molecular weight is 304 g/mol. The molecule has 0 spiro atoms. The van der Waals surface area contributed by atoms with E-state index in [0.29, 0.717) is 6.54 Å². The van der Waals surface area contributed by atoms with Crippen molar-refractivity contribution in [1.82, 2.24) is 15.1 Å². The van der Waals surface area contributed by atoms with Crippen molar-refractivity contribution < 1.29 is 10.0 Å². The highest BCUT2D eigenvalue weighted by molar-refractivity contribution is 5.23. The van der Waals surface area contributed by atoms with Crippen molar-refractivity contribution in [3.63, 3.8) is 0 Å². The van der Waals surface area contributed by atoms with Gasteiger partial charge in [-0.3, -0.25) is 14.8 Å². The van der Waals surface area contributed by atoms with E-state index < -0.39 is 11.0 Å². The number of nitrogens with zero attached hydrogens (tertiary/aromatic N) is 3. The lowest BCUT2D eigenvalue weighted by atomic mass is 10.1. The Balaban J connectivity index is 1.82. The van der Waals surface area contributed by atoms with Crippen molar-refractivity contribution in [3.05, 3.63) is 57.9 Å². The van der Waals surface area contributed by atoms with Crippen molar-refractivity contribution in [2.24, 2.45) is 0 Å². The summed E-state index contributed by atoms with van der Waals surface area (Å²) in [6.07, 6.45) is 1.81. The molecular weight excluding hydrogens is 284 g/mol. The Labute approximate surface area is 128 Å². The Morgan fingerprint density at radius 2 is 2.09 bits per heavy atom. The van der Waals surface area contributed by atoms with Crippen molar-refractivity contribution in [3.8, 4) is 0 Å². The predicted molar refractivity (Wildman–Crippen MR) is 82.5 cm³/mol. The summed E-state index contributed by atoms with van der Waals surface area (Å²) >= 11 is 0. The lowest BCUT2D eigenvalue weighted by Gasteiger charge is -2.17. The number of aliphatic hydroxyl groups excluding tert-OH is 1. The summed E-state index contributed by atoms with van der Waals surface area (Å²) in [5.41, 5.74) is 2.27. The lowest BCUT2D eigenvalue weighted by molar-refractivity contribution is -0.385. The summed E-state index contributed by atoms with van der Waals surface area (Å²) in [5.74, 6) is 0. The van der Waals surface area contributed by atoms with Gasteiger partial charge in [0.2, 0.25) is 0 Å². The second-order valence-corrected chi connectivity index (χ2v) is 5.37. The highest BCUT2D eigenvalue weighted by Crippen LogP contribution is 2.13. The van der Waals surface area contributed by atoms with Crippen LogP contribution in [0.5, 0.6) is 0 Å². The highest BCUT2D eigenvalue weighted by Gasteiger charge is 2.13. The minimum absolute atomic E-state index is 0.0758. The molecular formula is C15H20N4O3. The van der Waals surface area contributed by atoms with Gasteiger partial charge in [0.05, 0.1) is 17.6 Å². The largest absolute Gasteiger partial charge is 0.390 e. The first-order valence-electron chi connectivity index (χ1n) is 7.10. The third-order valence-electron chi connectivity index (χ3n) is 3.47. The van der Waals surface area contributed by atoms with E-state index in [1.165, 1.54) is 22.6 Å². The molecule has 0 saturated heterocycles. The number of hydrogen-bond acceptors (Lipinski definition) is 5. The number of nitro groups is 1. The van der Waals surface area contributed by atoms with E-state index in [9.17, 15) is 15.2 Å². The first-order valence-corrected chi connectivity index (χ1v) is 7.10. The molecule has 7 nitrogen and oxygen atoms in total. The average Bonchev–Trinajstić information content (AvgIpc) is 2.94. The maximum atomic E-state index is 10.6. The summed E-state index contributed by atoms with van der Waals surface area (Å²) in [6, 6.07) is 8.31. The molecule has 2 rings (SSSR count). The molecule has 0 bridgehead atoms. The molecule has 1 heterocycles. The molecule has 0 radical (unpaired) electrons. The zero-order chi connectivity index (χ0) is 16.1. The monoisotopic (exact) mass is 304 g/mol. The van der Waals surface area contributed by atoms with Crippen LogP contribution in [0, 0.1) is 17.0 Å². The van der Waals surface area contributed by atoms with Gasteiger partial charge in [-0.15, -0.1) is 0 Å². The molecule has 2 N–H and O–H groups in total. The van der Waals surface area contributed by atoms with Gasteiger partial charge in [-0.05, 0) is 19.4 Å². The maximum Gasteiger partial charge on any atom is 0.306 e. The Morgan fingerprint density at radius 3 is 2.68 bits per heavy atom. The third-order valence-corrected chi connectivity index (χ3v) is 3.47. The number of benzene rings is 1. The highest BCUT2D eigenvalue weighted by atomic mass is 16.6. The van der Waals surface area contributed by atoms with E-state index in [0.717, 1.165) is 5.56 Å². The molecule has 0 fully saturated rings. The Bertz CT molecular complexity index is 624. The summed E-state index contributed by atoms with van der Waals surface area (Å²) in [7, 11) is 0. The van der Waals surface area contributed by atoms with Gasteiger partial charge in [0, 0.05) is 12.6 Å². The van der Waals surface area contributed by atoms with E-state index in [2.05, 4.69) is 22.5 Å². The van der Waals surface area contributed by atoms with Crippen LogP contribution >= 0.6 is 0 Å².